The second-order valence-electron chi connectivity index (χ2n) is 4.34. The number of rotatable bonds is 4. The topological polar surface area (TPSA) is 55.4 Å². The Bertz CT molecular complexity index is 571. The van der Waals surface area contributed by atoms with Gasteiger partial charge in [-0.05, 0) is 30.7 Å². The summed E-state index contributed by atoms with van der Waals surface area (Å²) >= 11 is 3.27. The second-order valence-corrected chi connectivity index (χ2v) is 6.97. The van der Waals surface area contributed by atoms with Gasteiger partial charge in [-0.1, -0.05) is 21.9 Å². The molecule has 0 saturated carbocycles. The molecule has 0 spiro atoms. The van der Waals surface area contributed by atoms with Crippen LogP contribution >= 0.6 is 15.9 Å². The highest BCUT2D eigenvalue weighted by atomic mass is 79.9. The molecular formula is C13H14BrNO3S. The largest absolute Gasteiger partial charge is 0.381 e. The molecule has 1 aromatic rings. The van der Waals surface area contributed by atoms with Crippen molar-refractivity contribution >= 4 is 26.0 Å². The molecule has 0 aromatic heterocycles. The number of sulfonamides is 1. The first-order valence-corrected chi connectivity index (χ1v) is 8.12. The third-order valence-electron chi connectivity index (χ3n) is 3.02. The highest BCUT2D eigenvalue weighted by Gasteiger charge is 2.28. The average molecular weight is 344 g/mol. The zero-order valence-electron chi connectivity index (χ0n) is 10.2. The maximum Gasteiger partial charge on any atom is 0.241 e. The molecule has 0 amide bonds. The van der Waals surface area contributed by atoms with E-state index in [1.54, 1.807) is 12.1 Å². The summed E-state index contributed by atoms with van der Waals surface area (Å²) in [6, 6.07) is 5.89. The smallest absolute Gasteiger partial charge is 0.241 e. The first-order chi connectivity index (χ1) is 9.03. The molecule has 1 heterocycles. The number of ether oxygens (including phenoxy) is 1. The van der Waals surface area contributed by atoms with E-state index in [9.17, 15) is 8.42 Å². The molecule has 1 aliphatic rings. The van der Waals surface area contributed by atoms with Crippen molar-refractivity contribution in [3.63, 3.8) is 0 Å². The fraction of sp³-hybridized carbons (Fsp3) is 0.385. The van der Waals surface area contributed by atoms with Crippen molar-refractivity contribution < 1.29 is 13.2 Å². The van der Waals surface area contributed by atoms with E-state index >= 15 is 0 Å². The highest BCUT2D eigenvalue weighted by Crippen LogP contribution is 2.19. The van der Waals surface area contributed by atoms with Crippen molar-refractivity contribution in [2.45, 2.75) is 17.4 Å². The van der Waals surface area contributed by atoms with Gasteiger partial charge in [0.15, 0.2) is 0 Å². The van der Waals surface area contributed by atoms with Gasteiger partial charge in [0.1, 0.15) is 0 Å². The van der Waals surface area contributed by atoms with Crippen molar-refractivity contribution in [1.29, 1.82) is 0 Å². The Morgan fingerprint density at radius 2 is 2.11 bits per heavy atom. The fourth-order valence-corrected chi connectivity index (χ4v) is 3.42. The van der Waals surface area contributed by atoms with E-state index in [0.29, 0.717) is 13.2 Å². The van der Waals surface area contributed by atoms with Crippen LogP contribution in [0.3, 0.4) is 0 Å². The number of nitrogens with one attached hydrogen (secondary N) is 1. The van der Waals surface area contributed by atoms with Crippen molar-refractivity contribution in [2.24, 2.45) is 5.92 Å². The monoisotopic (exact) mass is 343 g/mol. The van der Waals surface area contributed by atoms with Crippen LogP contribution in [0.15, 0.2) is 33.6 Å². The van der Waals surface area contributed by atoms with Gasteiger partial charge in [0.2, 0.25) is 10.0 Å². The molecule has 1 N–H and O–H groups in total. The van der Waals surface area contributed by atoms with Gasteiger partial charge in [-0.15, -0.1) is 6.42 Å². The molecule has 1 saturated heterocycles. The number of hydrogen-bond acceptors (Lipinski definition) is 3. The Balaban J connectivity index is 2.16. The van der Waals surface area contributed by atoms with Crippen LogP contribution in [0, 0.1) is 18.3 Å². The van der Waals surface area contributed by atoms with E-state index in [4.69, 9.17) is 11.2 Å². The van der Waals surface area contributed by atoms with Crippen molar-refractivity contribution in [2.75, 3.05) is 13.2 Å². The Morgan fingerprint density at radius 1 is 1.42 bits per heavy atom. The third kappa shape index (κ3) is 3.57. The van der Waals surface area contributed by atoms with Crippen molar-refractivity contribution in [1.82, 2.24) is 4.72 Å². The maximum atomic E-state index is 12.2. The normalized spacial score (nSPS) is 20.9. The van der Waals surface area contributed by atoms with Crippen LogP contribution in [0.4, 0.5) is 0 Å². The van der Waals surface area contributed by atoms with E-state index in [1.807, 2.05) is 0 Å². The Labute approximate surface area is 121 Å². The summed E-state index contributed by atoms with van der Waals surface area (Å²) < 4.78 is 33.0. The summed E-state index contributed by atoms with van der Waals surface area (Å²) in [5.41, 5.74) is 0. The number of benzene rings is 1. The molecule has 1 fully saturated rings. The van der Waals surface area contributed by atoms with Crippen LogP contribution in [0.5, 0.6) is 0 Å². The summed E-state index contributed by atoms with van der Waals surface area (Å²) in [6.45, 7) is 1.13. The first-order valence-electron chi connectivity index (χ1n) is 5.85. The lowest BCUT2D eigenvalue weighted by Crippen LogP contribution is -2.39. The SMILES string of the molecule is C#C[C@H](NS(=O)(=O)c1ccc(Br)cc1)[C@@H]1CCOC1. The molecule has 1 aliphatic heterocycles. The molecule has 4 nitrogen and oxygen atoms in total. The lowest BCUT2D eigenvalue weighted by atomic mass is 10.0. The van der Waals surface area contributed by atoms with E-state index < -0.39 is 16.1 Å². The second kappa shape index (κ2) is 6.06. The summed E-state index contributed by atoms with van der Waals surface area (Å²) in [6.07, 6.45) is 6.20. The van der Waals surface area contributed by atoms with Gasteiger partial charge in [-0.3, -0.25) is 0 Å². The predicted molar refractivity (Wildman–Crippen MR) is 76.0 cm³/mol. The van der Waals surface area contributed by atoms with Gasteiger partial charge >= 0.3 is 0 Å². The van der Waals surface area contributed by atoms with Gasteiger partial charge in [0.25, 0.3) is 0 Å². The molecule has 1 aromatic carbocycles. The average Bonchev–Trinajstić information content (AvgIpc) is 2.90. The lowest BCUT2D eigenvalue weighted by Gasteiger charge is -2.18. The van der Waals surface area contributed by atoms with E-state index in [2.05, 4.69) is 26.6 Å². The highest BCUT2D eigenvalue weighted by molar-refractivity contribution is 9.10. The molecule has 0 radical (unpaired) electrons. The van der Waals surface area contributed by atoms with E-state index in [1.165, 1.54) is 12.1 Å². The van der Waals surface area contributed by atoms with Crippen LogP contribution in [-0.2, 0) is 14.8 Å². The quantitative estimate of drug-likeness (QED) is 0.847. The van der Waals surface area contributed by atoms with E-state index in [-0.39, 0.29) is 10.8 Å². The van der Waals surface area contributed by atoms with Crippen LogP contribution in [0.1, 0.15) is 6.42 Å². The van der Waals surface area contributed by atoms with Crippen LogP contribution in [-0.4, -0.2) is 27.7 Å². The minimum atomic E-state index is -3.59. The Kier molecular flexibility index (Phi) is 4.63. The number of hydrogen-bond donors (Lipinski definition) is 1. The lowest BCUT2D eigenvalue weighted by molar-refractivity contribution is 0.183. The zero-order valence-corrected chi connectivity index (χ0v) is 12.6. The summed E-state index contributed by atoms with van der Waals surface area (Å²) in [4.78, 5) is 0.204. The molecule has 0 bridgehead atoms. The van der Waals surface area contributed by atoms with Gasteiger partial charge in [-0.2, -0.15) is 4.72 Å². The maximum absolute atomic E-state index is 12.2. The van der Waals surface area contributed by atoms with Gasteiger partial charge in [0, 0.05) is 17.0 Å². The van der Waals surface area contributed by atoms with Crippen LogP contribution in [0.2, 0.25) is 0 Å². The minimum absolute atomic E-state index is 0.0372. The van der Waals surface area contributed by atoms with Crippen LogP contribution < -0.4 is 4.72 Å². The molecule has 2 rings (SSSR count). The van der Waals surface area contributed by atoms with Crippen molar-refractivity contribution in [3.05, 3.63) is 28.7 Å². The first kappa shape index (κ1) is 14.5. The van der Waals surface area contributed by atoms with E-state index in [0.717, 1.165) is 10.9 Å². The minimum Gasteiger partial charge on any atom is -0.381 e. The molecule has 6 heteroatoms. The fourth-order valence-electron chi connectivity index (χ4n) is 1.93. The van der Waals surface area contributed by atoms with Gasteiger partial charge in [0.05, 0.1) is 17.5 Å². The third-order valence-corrected chi connectivity index (χ3v) is 5.01. The standard InChI is InChI=1S/C13H14BrNO3S/c1-2-13(10-7-8-18-9-10)15-19(16,17)12-5-3-11(14)4-6-12/h1,3-6,10,13,15H,7-9H2/t10-,13+/m1/s1. The Morgan fingerprint density at radius 3 is 2.63 bits per heavy atom. The summed E-state index contributed by atoms with van der Waals surface area (Å²) in [5, 5.41) is 0. The molecule has 0 unspecified atom stereocenters. The van der Waals surface area contributed by atoms with Crippen molar-refractivity contribution in [3.8, 4) is 12.3 Å². The molecule has 102 valence electrons. The number of halogens is 1. The van der Waals surface area contributed by atoms with Gasteiger partial charge < -0.3 is 4.74 Å². The molecule has 19 heavy (non-hydrogen) atoms. The number of terminal acetylenes is 1. The van der Waals surface area contributed by atoms with Crippen LogP contribution in [0.25, 0.3) is 0 Å². The summed E-state index contributed by atoms with van der Waals surface area (Å²) in [5.74, 6) is 2.54. The summed E-state index contributed by atoms with van der Waals surface area (Å²) in [7, 11) is -3.59. The van der Waals surface area contributed by atoms with Gasteiger partial charge in [-0.25, -0.2) is 8.42 Å². The molecular weight excluding hydrogens is 330 g/mol. The zero-order chi connectivity index (χ0) is 13.9. The predicted octanol–water partition coefficient (Wildman–Crippen LogP) is 1.77. The molecule has 2 atom stereocenters. The molecule has 0 aliphatic carbocycles. The Hall–Kier alpha value is -0.870.